The lowest BCUT2D eigenvalue weighted by Crippen LogP contribution is -2.50. The van der Waals surface area contributed by atoms with Gasteiger partial charge in [-0.15, -0.1) is 0 Å². The second-order valence-corrected chi connectivity index (χ2v) is 10.0. The summed E-state index contributed by atoms with van der Waals surface area (Å²) in [7, 11) is -3.30. The molecular formula is C22H17N3O4S2. The topological polar surface area (TPSA) is 96.0 Å². The molecule has 0 atom stereocenters. The van der Waals surface area contributed by atoms with Gasteiger partial charge in [-0.2, -0.15) is 14.1 Å². The minimum Gasteiger partial charge on any atom is -0.707 e. The van der Waals surface area contributed by atoms with Gasteiger partial charge in [0.25, 0.3) is 0 Å². The van der Waals surface area contributed by atoms with Crippen molar-refractivity contribution in [3.63, 3.8) is 0 Å². The maximum absolute atomic E-state index is 12.5. The van der Waals surface area contributed by atoms with Gasteiger partial charge in [-0.1, -0.05) is 41.4 Å². The highest BCUT2D eigenvalue weighted by molar-refractivity contribution is 7.90. The predicted octanol–water partition coefficient (Wildman–Crippen LogP) is 2.14. The molecule has 0 radical (unpaired) electrons. The van der Waals surface area contributed by atoms with E-state index in [0.29, 0.717) is 31.8 Å². The van der Waals surface area contributed by atoms with Crippen LogP contribution < -0.4 is 10.4 Å². The molecule has 0 saturated heterocycles. The third-order valence-electron chi connectivity index (χ3n) is 4.57. The quantitative estimate of drug-likeness (QED) is 0.269. The first kappa shape index (κ1) is 20.8. The molecule has 0 aliphatic rings. The Hall–Kier alpha value is -3.48. The van der Waals surface area contributed by atoms with E-state index in [9.17, 15) is 18.4 Å². The predicted molar refractivity (Wildman–Crippen MR) is 119 cm³/mol. The van der Waals surface area contributed by atoms with Crippen LogP contribution in [-0.2, 0) is 22.8 Å². The van der Waals surface area contributed by atoms with Crippen molar-refractivity contribution in [2.75, 3.05) is 6.26 Å². The Labute approximate surface area is 182 Å². The van der Waals surface area contributed by atoms with Crippen LogP contribution in [0, 0.1) is 17.0 Å². The fourth-order valence-corrected chi connectivity index (χ4v) is 4.56. The van der Waals surface area contributed by atoms with E-state index in [1.807, 2.05) is 12.1 Å². The minimum atomic E-state index is -3.30. The van der Waals surface area contributed by atoms with Crippen molar-refractivity contribution in [3.8, 4) is 11.8 Å². The lowest BCUT2D eigenvalue weighted by Gasteiger charge is -2.06. The molecular weight excluding hydrogens is 434 g/mol. The van der Waals surface area contributed by atoms with Crippen LogP contribution in [-0.4, -0.2) is 24.2 Å². The second kappa shape index (κ2) is 8.34. The largest absolute Gasteiger partial charge is 0.707 e. The third kappa shape index (κ3) is 4.66. The molecule has 4 aromatic rings. The van der Waals surface area contributed by atoms with Crippen LogP contribution >= 0.6 is 11.3 Å². The van der Waals surface area contributed by atoms with E-state index in [1.54, 1.807) is 36.8 Å². The summed E-state index contributed by atoms with van der Waals surface area (Å²) in [6.07, 6.45) is 6.75. The van der Waals surface area contributed by atoms with Gasteiger partial charge >= 0.3 is 5.69 Å². The minimum absolute atomic E-state index is 0.152. The van der Waals surface area contributed by atoms with Gasteiger partial charge in [0.1, 0.15) is 12.7 Å². The normalized spacial score (nSPS) is 11.3. The highest BCUT2D eigenvalue weighted by atomic mass is 32.2. The first-order valence-corrected chi connectivity index (χ1v) is 12.0. The zero-order chi connectivity index (χ0) is 22.0. The van der Waals surface area contributed by atoms with Crippen LogP contribution in [0.3, 0.4) is 0 Å². The number of sulfone groups is 1. The van der Waals surface area contributed by atoms with Crippen LogP contribution in [0.2, 0.25) is 0 Å². The highest BCUT2D eigenvalue weighted by Crippen LogP contribution is 2.21. The molecule has 1 aromatic carbocycles. The summed E-state index contributed by atoms with van der Waals surface area (Å²) >= 11 is 1.17. The van der Waals surface area contributed by atoms with E-state index in [1.165, 1.54) is 28.0 Å². The van der Waals surface area contributed by atoms with Gasteiger partial charge in [-0.3, -0.25) is 4.98 Å². The standard InChI is InChI=1S/C22H17N3O4S2/c1-31(28,29)20-9-7-17(8-10-20)14-24-15-18-12-19(30-21(18)25(27)22(24)26)6-2-4-16-5-3-11-23-13-16/h3,5,7-13,15H,4,14H2,1H3. The average molecular weight is 452 g/mol. The van der Waals surface area contributed by atoms with Crippen molar-refractivity contribution in [1.29, 1.82) is 0 Å². The molecule has 156 valence electrons. The lowest BCUT2D eigenvalue weighted by molar-refractivity contribution is -0.596. The number of hydrogen-bond acceptors (Lipinski definition) is 6. The summed E-state index contributed by atoms with van der Waals surface area (Å²) in [5, 5.41) is 13.1. The summed E-state index contributed by atoms with van der Waals surface area (Å²) in [4.78, 5) is 17.7. The van der Waals surface area contributed by atoms with Crippen molar-refractivity contribution < 1.29 is 13.1 Å². The first-order chi connectivity index (χ1) is 14.8. The summed E-state index contributed by atoms with van der Waals surface area (Å²) in [6, 6.07) is 11.8. The van der Waals surface area contributed by atoms with E-state index in [0.717, 1.165) is 11.8 Å². The number of aromatic nitrogens is 3. The lowest BCUT2D eigenvalue weighted by atomic mass is 10.2. The monoisotopic (exact) mass is 451 g/mol. The van der Waals surface area contributed by atoms with Gasteiger partial charge in [-0.05, 0) is 35.4 Å². The molecule has 31 heavy (non-hydrogen) atoms. The summed E-state index contributed by atoms with van der Waals surface area (Å²) < 4.78 is 24.9. The molecule has 0 saturated carbocycles. The van der Waals surface area contributed by atoms with Crippen LogP contribution in [0.25, 0.3) is 10.2 Å². The molecule has 0 spiro atoms. The Bertz CT molecular complexity index is 1480. The van der Waals surface area contributed by atoms with Crippen LogP contribution in [0.1, 0.15) is 16.0 Å². The molecule has 3 aromatic heterocycles. The van der Waals surface area contributed by atoms with Gasteiger partial charge in [-0.25, -0.2) is 8.42 Å². The Balaban J connectivity index is 1.61. The number of hydrogen-bond donors (Lipinski definition) is 0. The van der Waals surface area contributed by atoms with E-state index < -0.39 is 15.5 Å². The van der Waals surface area contributed by atoms with Gasteiger partial charge in [0, 0.05) is 25.1 Å². The number of rotatable bonds is 4. The van der Waals surface area contributed by atoms with Gasteiger partial charge in [0.15, 0.2) is 14.7 Å². The molecule has 0 N–H and O–H groups in total. The maximum atomic E-state index is 12.5. The Morgan fingerprint density at radius 3 is 2.65 bits per heavy atom. The summed E-state index contributed by atoms with van der Waals surface area (Å²) in [6.45, 7) is 0.152. The number of nitrogens with zero attached hydrogens (tertiary/aromatic N) is 3. The fourth-order valence-electron chi connectivity index (χ4n) is 3.02. The Kier molecular flexibility index (Phi) is 5.59. The summed E-state index contributed by atoms with van der Waals surface area (Å²) in [5.74, 6) is 6.10. The average Bonchev–Trinajstić information content (AvgIpc) is 3.15. The second-order valence-electron chi connectivity index (χ2n) is 6.96. The first-order valence-electron chi connectivity index (χ1n) is 9.24. The molecule has 3 heterocycles. The van der Waals surface area contributed by atoms with Gasteiger partial charge < -0.3 is 5.21 Å². The Morgan fingerprint density at radius 2 is 1.97 bits per heavy atom. The number of fused-ring (bicyclic) bond motifs is 1. The molecule has 0 bridgehead atoms. The van der Waals surface area contributed by atoms with Crippen molar-refractivity contribution in [2.24, 2.45) is 0 Å². The SMILES string of the molecule is CS(=O)(=O)c1ccc(Cn2cc3cc(C#CCc4cccnc4)sc3[n+]([O-])c2=O)cc1. The zero-order valence-corrected chi connectivity index (χ0v) is 18.1. The number of pyridine rings is 1. The molecule has 9 heteroatoms. The molecule has 0 amide bonds. The molecule has 7 nitrogen and oxygen atoms in total. The number of thiophene rings is 1. The van der Waals surface area contributed by atoms with Gasteiger partial charge in [0.05, 0.1) is 15.2 Å². The third-order valence-corrected chi connectivity index (χ3v) is 6.73. The maximum Gasteiger partial charge on any atom is 0.502 e. The molecule has 0 aliphatic heterocycles. The molecule has 0 unspecified atom stereocenters. The molecule has 0 fully saturated rings. The smallest absolute Gasteiger partial charge is 0.502 e. The Morgan fingerprint density at radius 1 is 1.19 bits per heavy atom. The number of benzene rings is 1. The van der Waals surface area contributed by atoms with Crippen LogP contribution in [0.15, 0.2) is 70.7 Å². The van der Waals surface area contributed by atoms with Crippen molar-refractivity contribution in [1.82, 2.24) is 9.55 Å². The van der Waals surface area contributed by atoms with Crippen LogP contribution in [0.5, 0.6) is 0 Å². The van der Waals surface area contributed by atoms with Crippen molar-refractivity contribution in [3.05, 3.63) is 92.8 Å². The van der Waals surface area contributed by atoms with E-state index in [2.05, 4.69) is 16.8 Å². The summed E-state index contributed by atoms with van der Waals surface area (Å²) in [5.41, 5.74) is 1.01. The fraction of sp³-hybridized carbons (Fsp3) is 0.136. The molecule has 4 rings (SSSR count). The van der Waals surface area contributed by atoms with E-state index in [4.69, 9.17) is 0 Å². The van der Waals surface area contributed by atoms with Gasteiger partial charge in [0.2, 0.25) is 0 Å². The van der Waals surface area contributed by atoms with E-state index >= 15 is 0 Å². The zero-order valence-electron chi connectivity index (χ0n) is 16.5. The highest BCUT2D eigenvalue weighted by Gasteiger charge is 2.15. The molecule has 0 aliphatic carbocycles. The van der Waals surface area contributed by atoms with E-state index in [-0.39, 0.29) is 11.4 Å². The van der Waals surface area contributed by atoms with Crippen molar-refractivity contribution in [2.45, 2.75) is 17.9 Å². The van der Waals surface area contributed by atoms with Crippen LogP contribution in [0.4, 0.5) is 0 Å². The van der Waals surface area contributed by atoms with Crippen molar-refractivity contribution >= 4 is 31.4 Å².